The van der Waals surface area contributed by atoms with Crippen LogP contribution >= 0.6 is 11.6 Å². The summed E-state index contributed by atoms with van der Waals surface area (Å²) in [5.41, 5.74) is 1.87. The molecule has 3 aromatic rings. The van der Waals surface area contributed by atoms with Gasteiger partial charge in [0.2, 0.25) is 5.91 Å². The van der Waals surface area contributed by atoms with Crippen LogP contribution in [-0.4, -0.2) is 15.9 Å². The third kappa shape index (κ3) is 3.38. The van der Waals surface area contributed by atoms with E-state index >= 15 is 0 Å². The highest BCUT2D eigenvalue weighted by Gasteiger charge is 2.59. The molecule has 164 valence electrons. The minimum atomic E-state index is -0.229. The largest absolute Gasteiger partial charge is 0.310 e. The van der Waals surface area contributed by atoms with Gasteiger partial charge in [-0.1, -0.05) is 11.6 Å². The Bertz CT molecular complexity index is 1180. The van der Waals surface area contributed by atoms with Gasteiger partial charge in [0.25, 0.3) is 0 Å². The number of pyridine rings is 2. The predicted octanol–water partition coefficient (Wildman–Crippen LogP) is 6.36. The van der Waals surface area contributed by atoms with Crippen LogP contribution in [0.2, 0.25) is 5.02 Å². The number of hydrogen-bond acceptors (Lipinski definition) is 3. The molecule has 3 aliphatic rings. The van der Waals surface area contributed by atoms with Gasteiger partial charge in [0, 0.05) is 17.8 Å². The second kappa shape index (κ2) is 7.51. The molecule has 1 aromatic carbocycles. The molecule has 3 aliphatic carbocycles. The van der Waals surface area contributed by atoms with Crippen molar-refractivity contribution in [2.45, 2.75) is 44.4 Å². The Balaban J connectivity index is 1.16. The lowest BCUT2D eigenvalue weighted by atomic mass is 9.83. The zero-order chi connectivity index (χ0) is 21.9. The summed E-state index contributed by atoms with van der Waals surface area (Å²) in [6.07, 6.45) is 9.80. The molecule has 4 nitrogen and oxygen atoms in total. The van der Waals surface area contributed by atoms with Gasteiger partial charge in [-0.2, -0.15) is 0 Å². The van der Waals surface area contributed by atoms with Crippen LogP contribution in [0.1, 0.15) is 50.0 Å². The molecule has 0 saturated heterocycles. The van der Waals surface area contributed by atoms with E-state index in [4.69, 9.17) is 11.6 Å². The molecule has 6 rings (SSSR count). The first-order valence-corrected chi connectivity index (χ1v) is 11.9. The summed E-state index contributed by atoms with van der Waals surface area (Å²) in [5, 5.41) is 4.53. The van der Waals surface area contributed by atoms with E-state index in [0.29, 0.717) is 34.5 Å². The Hall–Kier alpha value is -2.53. The van der Waals surface area contributed by atoms with Crippen molar-refractivity contribution in [3.63, 3.8) is 0 Å². The highest BCUT2D eigenvalue weighted by atomic mass is 35.5. The van der Waals surface area contributed by atoms with Crippen molar-refractivity contribution in [3.05, 3.63) is 65.2 Å². The van der Waals surface area contributed by atoms with Crippen molar-refractivity contribution in [1.29, 1.82) is 0 Å². The number of halogens is 2. The van der Waals surface area contributed by atoms with E-state index in [1.165, 1.54) is 11.6 Å². The van der Waals surface area contributed by atoms with Crippen LogP contribution in [0.3, 0.4) is 0 Å². The number of nitrogens with zero attached hydrogens (tertiary/aromatic N) is 2. The molecule has 6 heteroatoms. The van der Waals surface area contributed by atoms with Crippen LogP contribution in [0.15, 0.2) is 48.8 Å². The first-order valence-electron chi connectivity index (χ1n) is 11.5. The second-order valence-corrected chi connectivity index (χ2v) is 10.3. The average Bonchev–Trinajstić information content (AvgIpc) is 3.36. The summed E-state index contributed by atoms with van der Waals surface area (Å²) in [6, 6.07) is 10.4. The summed E-state index contributed by atoms with van der Waals surface area (Å²) < 4.78 is 13.9. The third-order valence-corrected chi connectivity index (χ3v) is 8.41. The van der Waals surface area contributed by atoms with Gasteiger partial charge in [0.15, 0.2) is 0 Å². The lowest BCUT2D eigenvalue weighted by Gasteiger charge is -2.24. The SMILES string of the molecule is O=C(Nc1ccc(Cl)cn1)C1([C@@H]2C[C@H]3C[C@@H](c4ccnc5ccc(F)cc45)C[C@H]3C2)CC1. The fraction of sp³-hybridized carbons (Fsp3) is 0.423. The summed E-state index contributed by atoms with van der Waals surface area (Å²) in [4.78, 5) is 21.8. The van der Waals surface area contributed by atoms with Crippen LogP contribution < -0.4 is 5.32 Å². The molecule has 3 fully saturated rings. The fourth-order valence-corrected chi connectivity index (χ4v) is 6.58. The number of aromatic nitrogens is 2. The lowest BCUT2D eigenvalue weighted by molar-refractivity contribution is -0.123. The summed E-state index contributed by atoms with van der Waals surface area (Å²) >= 11 is 5.91. The van der Waals surface area contributed by atoms with Gasteiger partial charge in [-0.3, -0.25) is 9.78 Å². The maximum atomic E-state index is 13.9. The van der Waals surface area contributed by atoms with Crippen LogP contribution in [0, 0.1) is 29.0 Å². The quantitative estimate of drug-likeness (QED) is 0.504. The first-order chi connectivity index (χ1) is 15.5. The molecule has 2 aromatic heterocycles. The minimum Gasteiger partial charge on any atom is -0.310 e. The summed E-state index contributed by atoms with van der Waals surface area (Å²) in [7, 11) is 0. The normalized spacial score (nSPS) is 27.9. The van der Waals surface area contributed by atoms with Crippen molar-refractivity contribution < 1.29 is 9.18 Å². The molecule has 0 spiro atoms. The molecule has 2 heterocycles. The summed E-state index contributed by atoms with van der Waals surface area (Å²) in [5.74, 6) is 2.64. The third-order valence-electron chi connectivity index (χ3n) is 8.18. The van der Waals surface area contributed by atoms with Crippen LogP contribution in [0.5, 0.6) is 0 Å². The topological polar surface area (TPSA) is 54.9 Å². The highest BCUT2D eigenvalue weighted by Crippen LogP contribution is 2.63. The molecule has 0 aliphatic heterocycles. The second-order valence-electron chi connectivity index (χ2n) is 9.89. The highest BCUT2D eigenvalue weighted by molar-refractivity contribution is 6.30. The van der Waals surface area contributed by atoms with Gasteiger partial charge in [0.05, 0.1) is 16.0 Å². The van der Waals surface area contributed by atoms with Gasteiger partial charge >= 0.3 is 0 Å². The zero-order valence-electron chi connectivity index (χ0n) is 17.7. The number of hydrogen-bond donors (Lipinski definition) is 1. The molecule has 1 amide bonds. The number of rotatable bonds is 4. The maximum absolute atomic E-state index is 13.9. The van der Waals surface area contributed by atoms with Crippen molar-refractivity contribution in [1.82, 2.24) is 9.97 Å². The smallest absolute Gasteiger partial charge is 0.232 e. The zero-order valence-corrected chi connectivity index (χ0v) is 18.5. The van der Waals surface area contributed by atoms with Crippen LogP contribution in [-0.2, 0) is 4.79 Å². The van der Waals surface area contributed by atoms with Gasteiger partial charge in [-0.05, 0) is 104 Å². The number of benzene rings is 1. The van der Waals surface area contributed by atoms with Crippen molar-refractivity contribution >= 4 is 34.2 Å². The number of carbonyl (C=O) groups is 1. The molecule has 32 heavy (non-hydrogen) atoms. The van der Waals surface area contributed by atoms with Crippen LogP contribution in [0.4, 0.5) is 10.2 Å². The summed E-state index contributed by atoms with van der Waals surface area (Å²) in [6.45, 7) is 0. The molecular formula is C26H25ClFN3O. The van der Waals surface area contributed by atoms with Crippen molar-refractivity contribution in [2.24, 2.45) is 23.2 Å². The fourth-order valence-electron chi connectivity index (χ4n) is 6.46. The molecular weight excluding hydrogens is 425 g/mol. The number of anilines is 1. The molecule has 0 bridgehead atoms. The maximum Gasteiger partial charge on any atom is 0.232 e. The number of amides is 1. The average molecular weight is 450 g/mol. The monoisotopic (exact) mass is 449 g/mol. The molecule has 0 radical (unpaired) electrons. The van der Waals surface area contributed by atoms with E-state index in [-0.39, 0.29) is 17.1 Å². The van der Waals surface area contributed by atoms with E-state index in [2.05, 4.69) is 21.4 Å². The molecule has 0 unspecified atom stereocenters. The number of nitrogens with one attached hydrogen (secondary N) is 1. The van der Waals surface area contributed by atoms with E-state index in [1.807, 2.05) is 6.20 Å². The Kier molecular flexibility index (Phi) is 4.72. The van der Waals surface area contributed by atoms with Crippen molar-refractivity contribution in [2.75, 3.05) is 5.32 Å². The van der Waals surface area contributed by atoms with E-state index in [9.17, 15) is 9.18 Å². The van der Waals surface area contributed by atoms with E-state index in [1.54, 1.807) is 30.5 Å². The van der Waals surface area contributed by atoms with Gasteiger partial charge in [0.1, 0.15) is 11.6 Å². The Morgan fingerprint density at radius 2 is 1.81 bits per heavy atom. The standard InChI is InChI=1S/C26H25ClFN3O/c27-19-1-4-24(30-14-19)31-25(32)26(6-7-26)18-11-15-9-17(10-16(15)12-18)21-5-8-29-23-3-2-20(28)13-22(21)23/h1-5,8,13-18H,6-7,9-12H2,(H,30,31,32)/t15-,16+,17-,18-. The number of carbonyl (C=O) groups excluding carboxylic acids is 1. The van der Waals surface area contributed by atoms with Gasteiger partial charge in [-0.25, -0.2) is 9.37 Å². The Labute approximate surface area is 191 Å². The number of fused-ring (bicyclic) bond motifs is 2. The molecule has 3 saturated carbocycles. The van der Waals surface area contributed by atoms with E-state index < -0.39 is 0 Å². The van der Waals surface area contributed by atoms with Gasteiger partial charge in [-0.15, -0.1) is 0 Å². The minimum absolute atomic E-state index is 0.115. The molecule has 4 atom stereocenters. The van der Waals surface area contributed by atoms with E-state index in [0.717, 1.165) is 49.4 Å². The van der Waals surface area contributed by atoms with Crippen molar-refractivity contribution in [3.8, 4) is 0 Å². The predicted molar refractivity (Wildman–Crippen MR) is 123 cm³/mol. The molecule has 1 N–H and O–H groups in total. The first kappa shape index (κ1) is 20.1. The Morgan fingerprint density at radius 3 is 2.50 bits per heavy atom. The Morgan fingerprint density at radius 1 is 1.03 bits per heavy atom. The van der Waals surface area contributed by atoms with Gasteiger partial charge < -0.3 is 5.32 Å². The lowest BCUT2D eigenvalue weighted by Crippen LogP contribution is -2.30. The van der Waals surface area contributed by atoms with Crippen LogP contribution in [0.25, 0.3) is 10.9 Å².